The molecule has 0 saturated carbocycles. The summed E-state index contributed by atoms with van der Waals surface area (Å²) in [6.07, 6.45) is 0. The van der Waals surface area contributed by atoms with Gasteiger partial charge in [-0.15, -0.1) is 0 Å². The summed E-state index contributed by atoms with van der Waals surface area (Å²) >= 11 is 0. The number of benzene rings is 1. The molecule has 0 N–H and O–H groups in total. The third-order valence-electron chi connectivity index (χ3n) is 1.76. The Morgan fingerprint density at radius 1 is 1.17 bits per heavy atom. The molecular weight excluding hydrogens is 160 g/mol. The molecule has 0 radical (unpaired) electrons. The minimum absolute atomic E-state index is 0.237. The Morgan fingerprint density at radius 2 is 2.17 bits per heavy atom. The van der Waals surface area contributed by atoms with Gasteiger partial charge in [-0.1, -0.05) is 0 Å². The van der Waals surface area contributed by atoms with Crippen molar-refractivity contribution < 1.29 is 14.1 Å². The highest BCUT2D eigenvalue weighted by Crippen LogP contribution is 2.37. The lowest BCUT2D eigenvalue weighted by atomic mass is 10.3. The van der Waals surface area contributed by atoms with Gasteiger partial charge in [0.2, 0.25) is 6.79 Å². The molecule has 5 heteroatoms. The van der Waals surface area contributed by atoms with E-state index in [0.29, 0.717) is 22.5 Å². The maximum absolute atomic E-state index is 5.19. The van der Waals surface area contributed by atoms with Crippen LogP contribution in [0.15, 0.2) is 16.8 Å². The summed E-state index contributed by atoms with van der Waals surface area (Å²) in [6, 6.07) is 3.56. The van der Waals surface area contributed by atoms with Gasteiger partial charge in [0, 0.05) is 0 Å². The fourth-order valence-corrected chi connectivity index (χ4v) is 1.21. The number of hydrogen-bond acceptors (Lipinski definition) is 5. The zero-order valence-corrected chi connectivity index (χ0v) is 5.98. The summed E-state index contributed by atoms with van der Waals surface area (Å²) < 4.78 is 14.9. The van der Waals surface area contributed by atoms with Crippen LogP contribution in [0, 0.1) is 0 Å². The summed E-state index contributed by atoms with van der Waals surface area (Å²) in [4.78, 5) is 0. The van der Waals surface area contributed by atoms with Gasteiger partial charge in [0.25, 0.3) is 0 Å². The molecule has 1 aromatic carbocycles. The topological polar surface area (TPSA) is 57.4 Å². The first-order chi connectivity index (χ1) is 5.95. The van der Waals surface area contributed by atoms with E-state index in [1.807, 2.05) is 0 Å². The number of aromatic nitrogens is 2. The molecule has 60 valence electrons. The van der Waals surface area contributed by atoms with Gasteiger partial charge in [-0.05, 0) is 22.4 Å². The van der Waals surface area contributed by atoms with Crippen molar-refractivity contribution in [2.24, 2.45) is 0 Å². The average molecular weight is 164 g/mol. The molecule has 0 bridgehead atoms. The standard InChI is InChI=1S/C7H4N2O3/c1-2-5-7(11-3-10-5)6-4(1)8-12-9-6/h1-2H,3H2. The van der Waals surface area contributed by atoms with Crippen molar-refractivity contribution in [3.05, 3.63) is 12.1 Å². The second-order valence-electron chi connectivity index (χ2n) is 2.43. The molecule has 1 aromatic heterocycles. The molecule has 3 rings (SSSR count). The van der Waals surface area contributed by atoms with E-state index in [1.165, 1.54) is 0 Å². The highest BCUT2D eigenvalue weighted by Gasteiger charge is 2.19. The van der Waals surface area contributed by atoms with E-state index in [-0.39, 0.29) is 6.79 Å². The largest absolute Gasteiger partial charge is 0.453 e. The molecule has 2 aromatic rings. The lowest BCUT2D eigenvalue weighted by molar-refractivity contribution is 0.174. The first-order valence-electron chi connectivity index (χ1n) is 3.46. The summed E-state index contributed by atoms with van der Waals surface area (Å²) in [7, 11) is 0. The van der Waals surface area contributed by atoms with Crippen molar-refractivity contribution in [3.63, 3.8) is 0 Å². The molecule has 0 amide bonds. The first kappa shape index (κ1) is 5.82. The van der Waals surface area contributed by atoms with Crippen LogP contribution in [0.1, 0.15) is 0 Å². The van der Waals surface area contributed by atoms with Crippen LogP contribution in [-0.2, 0) is 0 Å². The van der Waals surface area contributed by atoms with Crippen molar-refractivity contribution in [2.75, 3.05) is 6.79 Å². The van der Waals surface area contributed by atoms with Gasteiger partial charge in [0.1, 0.15) is 5.52 Å². The quantitative estimate of drug-likeness (QED) is 0.580. The second kappa shape index (κ2) is 1.88. The lowest BCUT2D eigenvalue weighted by Gasteiger charge is -1.91. The summed E-state index contributed by atoms with van der Waals surface area (Å²) in [5.41, 5.74) is 1.30. The van der Waals surface area contributed by atoms with Crippen LogP contribution >= 0.6 is 0 Å². The van der Waals surface area contributed by atoms with E-state index >= 15 is 0 Å². The predicted molar refractivity (Wildman–Crippen MR) is 37.9 cm³/mol. The van der Waals surface area contributed by atoms with Gasteiger partial charge in [-0.3, -0.25) is 0 Å². The normalized spacial score (nSPS) is 14.0. The van der Waals surface area contributed by atoms with Crippen molar-refractivity contribution in [1.29, 1.82) is 0 Å². The molecule has 1 aliphatic heterocycles. The molecule has 12 heavy (non-hydrogen) atoms. The van der Waals surface area contributed by atoms with Crippen LogP contribution in [0.25, 0.3) is 11.0 Å². The van der Waals surface area contributed by atoms with Crippen LogP contribution in [0.2, 0.25) is 0 Å². The third-order valence-corrected chi connectivity index (χ3v) is 1.76. The van der Waals surface area contributed by atoms with Crippen LogP contribution in [0.3, 0.4) is 0 Å². The van der Waals surface area contributed by atoms with Crippen LogP contribution in [0.5, 0.6) is 11.5 Å². The van der Waals surface area contributed by atoms with Crippen LogP contribution in [-0.4, -0.2) is 17.1 Å². The molecule has 0 saturated heterocycles. The van der Waals surface area contributed by atoms with E-state index in [1.54, 1.807) is 12.1 Å². The zero-order valence-electron chi connectivity index (χ0n) is 5.98. The maximum Gasteiger partial charge on any atom is 0.231 e. The zero-order chi connectivity index (χ0) is 7.97. The van der Waals surface area contributed by atoms with E-state index < -0.39 is 0 Å². The van der Waals surface area contributed by atoms with E-state index in [9.17, 15) is 0 Å². The van der Waals surface area contributed by atoms with Gasteiger partial charge in [-0.25, -0.2) is 4.63 Å². The summed E-state index contributed by atoms with van der Waals surface area (Å²) in [5, 5.41) is 7.37. The minimum atomic E-state index is 0.237. The number of fused-ring (bicyclic) bond motifs is 3. The number of hydrogen-bond donors (Lipinski definition) is 0. The molecular formula is C7H4N2O3. The van der Waals surface area contributed by atoms with Gasteiger partial charge in [0.05, 0.1) is 0 Å². The van der Waals surface area contributed by atoms with Crippen molar-refractivity contribution in [3.8, 4) is 11.5 Å². The maximum atomic E-state index is 5.19. The lowest BCUT2D eigenvalue weighted by Crippen LogP contribution is -1.93. The number of ether oxygens (including phenoxy) is 2. The second-order valence-corrected chi connectivity index (χ2v) is 2.43. The van der Waals surface area contributed by atoms with Gasteiger partial charge >= 0.3 is 0 Å². The summed E-state index contributed by atoms with van der Waals surface area (Å²) in [5.74, 6) is 1.31. The third kappa shape index (κ3) is 0.578. The van der Waals surface area contributed by atoms with Gasteiger partial charge < -0.3 is 9.47 Å². The molecule has 5 nitrogen and oxygen atoms in total. The molecule has 0 aliphatic carbocycles. The Bertz CT molecular complexity index is 437. The van der Waals surface area contributed by atoms with E-state index in [4.69, 9.17) is 9.47 Å². The fourth-order valence-electron chi connectivity index (χ4n) is 1.21. The molecule has 0 atom stereocenters. The minimum Gasteiger partial charge on any atom is -0.453 e. The highest BCUT2D eigenvalue weighted by atomic mass is 16.7. The Hall–Kier alpha value is -1.78. The van der Waals surface area contributed by atoms with E-state index in [0.717, 1.165) is 0 Å². The first-order valence-corrected chi connectivity index (χ1v) is 3.46. The molecule has 0 spiro atoms. The Morgan fingerprint density at radius 3 is 3.17 bits per heavy atom. The van der Waals surface area contributed by atoms with Crippen LogP contribution in [0.4, 0.5) is 0 Å². The Labute approximate surface area is 66.8 Å². The number of rotatable bonds is 0. The number of nitrogens with zero attached hydrogens (tertiary/aromatic N) is 2. The average Bonchev–Trinajstić information content (AvgIpc) is 2.71. The Balaban J connectivity index is 2.46. The molecule has 0 fully saturated rings. The SMILES string of the molecule is c1cc2nonc2c2c1OCO2. The van der Waals surface area contributed by atoms with E-state index in [2.05, 4.69) is 14.9 Å². The van der Waals surface area contributed by atoms with Crippen molar-refractivity contribution in [1.82, 2.24) is 10.3 Å². The molecule has 0 unspecified atom stereocenters. The predicted octanol–water partition coefficient (Wildman–Crippen LogP) is 0.951. The van der Waals surface area contributed by atoms with Gasteiger partial charge in [0.15, 0.2) is 17.0 Å². The smallest absolute Gasteiger partial charge is 0.231 e. The van der Waals surface area contributed by atoms with Crippen molar-refractivity contribution in [2.45, 2.75) is 0 Å². The van der Waals surface area contributed by atoms with Crippen molar-refractivity contribution >= 4 is 11.0 Å². The molecule has 1 aliphatic rings. The summed E-state index contributed by atoms with van der Waals surface area (Å²) in [6.45, 7) is 0.237. The fraction of sp³-hybridized carbons (Fsp3) is 0.143. The van der Waals surface area contributed by atoms with Gasteiger partial charge in [-0.2, -0.15) is 0 Å². The Kier molecular flexibility index (Phi) is 0.910. The van der Waals surface area contributed by atoms with Crippen LogP contribution < -0.4 is 9.47 Å². The molecule has 2 heterocycles. The highest BCUT2D eigenvalue weighted by molar-refractivity contribution is 5.83. The monoisotopic (exact) mass is 164 g/mol.